The first-order valence-corrected chi connectivity index (χ1v) is 6.59. The Bertz CT molecular complexity index is 169. The molecule has 3 heteroatoms. The van der Waals surface area contributed by atoms with Crippen LogP contribution < -0.4 is 5.32 Å². The third-order valence-corrected chi connectivity index (χ3v) is 3.46. The molecule has 1 fully saturated rings. The molecular weight excluding hydrogens is 202 g/mol. The fraction of sp³-hybridized carbons (Fsp3) is 1.00. The van der Waals surface area contributed by atoms with Crippen molar-refractivity contribution in [3.63, 3.8) is 0 Å². The third kappa shape index (κ3) is 4.40. The van der Waals surface area contributed by atoms with Gasteiger partial charge in [0.2, 0.25) is 0 Å². The van der Waals surface area contributed by atoms with Gasteiger partial charge in [0.1, 0.15) is 0 Å². The first kappa shape index (κ1) is 13.9. The summed E-state index contributed by atoms with van der Waals surface area (Å²) in [5, 5.41) is 3.71. The zero-order chi connectivity index (χ0) is 11.8. The molecule has 0 aromatic rings. The molecule has 1 N–H and O–H groups in total. The van der Waals surface area contributed by atoms with E-state index < -0.39 is 0 Å². The van der Waals surface area contributed by atoms with Gasteiger partial charge in [0, 0.05) is 26.3 Å². The number of hydrogen-bond donors (Lipinski definition) is 1. The van der Waals surface area contributed by atoms with Crippen molar-refractivity contribution >= 4 is 0 Å². The van der Waals surface area contributed by atoms with Crippen molar-refractivity contribution in [2.75, 3.05) is 20.8 Å². The van der Waals surface area contributed by atoms with Gasteiger partial charge in [-0.25, -0.2) is 0 Å². The molecule has 0 radical (unpaired) electrons. The van der Waals surface area contributed by atoms with Gasteiger partial charge in [-0.3, -0.25) is 0 Å². The number of methoxy groups -OCH3 is 2. The van der Waals surface area contributed by atoms with Crippen molar-refractivity contribution in [3.05, 3.63) is 0 Å². The predicted octanol–water partition coefficient (Wildman–Crippen LogP) is 2.35. The van der Waals surface area contributed by atoms with Crippen LogP contribution in [0, 0.1) is 0 Å². The van der Waals surface area contributed by atoms with Crippen LogP contribution in [0.4, 0.5) is 0 Å². The van der Waals surface area contributed by atoms with E-state index >= 15 is 0 Å². The molecule has 0 bridgehead atoms. The summed E-state index contributed by atoms with van der Waals surface area (Å²) in [6, 6.07) is 1.00. The van der Waals surface area contributed by atoms with Crippen molar-refractivity contribution in [1.29, 1.82) is 0 Å². The Morgan fingerprint density at radius 1 is 1.25 bits per heavy atom. The molecule has 0 spiro atoms. The molecule has 96 valence electrons. The molecule has 0 aliphatic heterocycles. The molecule has 0 saturated heterocycles. The van der Waals surface area contributed by atoms with E-state index in [0.29, 0.717) is 18.2 Å². The topological polar surface area (TPSA) is 30.5 Å². The predicted molar refractivity (Wildman–Crippen MR) is 66.8 cm³/mol. The van der Waals surface area contributed by atoms with Crippen LogP contribution in [0.3, 0.4) is 0 Å². The number of ether oxygens (including phenoxy) is 2. The van der Waals surface area contributed by atoms with Gasteiger partial charge in [-0.15, -0.1) is 0 Å². The fourth-order valence-electron chi connectivity index (χ4n) is 2.64. The van der Waals surface area contributed by atoms with E-state index in [2.05, 4.69) is 12.2 Å². The van der Waals surface area contributed by atoms with Gasteiger partial charge < -0.3 is 14.8 Å². The molecule has 0 heterocycles. The molecular formula is C13H27NO2. The lowest BCUT2D eigenvalue weighted by molar-refractivity contribution is 0.0315. The van der Waals surface area contributed by atoms with E-state index in [9.17, 15) is 0 Å². The molecule has 3 unspecified atom stereocenters. The Labute approximate surface area is 99.9 Å². The Morgan fingerprint density at radius 3 is 2.62 bits per heavy atom. The van der Waals surface area contributed by atoms with Crippen LogP contribution >= 0.6 is 0 Å². The van der Waals surface area contributed by atoms with Crippen LogP contribution in [0.25, 0.3) is 0 Å². The van der Waals surface area contributed by atoms with Crippen LogP contribution in [-0.4, -0.2) is 39.0 Å². The standard InChI is InChI=1S/C13H27NO2/c1-4-7-11(10-15-2)14-12-8-5-6-9-13(12)16-3/h11-14H,4-10H2,1-3H3. The first-order valence-electron chi connectivity index (χ1n) is 6.59. The Kier molecular flexibility index (Phi) is 7.01. The molecule has 1 rings (SSSR count). The minimum absolute atomic E-state index is 0.393. The molecule has 3 atom stereocenters. The number of rotatable bonds is 7. The lowest BCUT2D eigenvalue weighted by Gasteiger charge is -2.34. The van der Waals surface area contributed by atoms with Gasteiger partial charge in [0.25, 0.3) is 0 Å². The minimum Gasteiger partial charge on any atom is -0.383 e. The second-order valence-electron chi connectivity index (χ2n) is 4.77. The summed E-state index contributed by atoms with van der Waals surface area (Å²) in [7, 11) is 3.61. The van der Waals surface area contributed by atoms with Crippen LogP contribution in [0.5, 0.6) is 0 Å². The Hall–Kier alpha value is -0.120. The lowest BCUT2D eigenvalue weighted by Crippen LogP contribution is -2.49. The summed E-state index contributed by atoms with van der Waals surface area (Å²) in [5.74, 6) is 0. The molecule has 3 nitrogen and oxygen atoms in total. The van der Waals surface area contributed by atoms with Crippen molar-refractivity contribution in [2.45, 2.75) is 63.6 Å². The van der Waals surface area contributed by atoms with Crippen molar-refractivity contribution in [3.8, 4) is 0 Å². The van der Waals surface area contributed by atoms with Crippen LogP contribution in [0.2, 0.25) is 0 Å². The molecule has 1 saturated carbocycles. The molecule has 1 aliphatic carbocycles. The first-order chi connectivity index (χ1) is 7.81. The highest BCUT2D eigenvalue weighted by molar-refractivity contribution is 4.84. The highest BCUT2D eigenvalue weighted by Gasteiger charge is 2.26. The molecule has 0 aromatic heterocycles. The molecule has 1 aliphatic rings. The fourth-order valence-corrected chi connectivity index (χ4v) is 2.64. The largest absolute Gasteiger partial charge is 0.383 e. The summed E-state index contributed by atoms with van der Waals surface area (Å²) in [4.78, 5) is 0. The van der Waals surface area contributed by atoms with Gasteiger partial charge in [0.05, 0.1) is 12.7 Å². The summed E-state index contributed by atoms with van der Waals surface area (Å²) < 4.78 is 10.8. The maximum atomic E-state index is 5.56. The van der Waals surface area contributed by atoms with Gasteiger partial charge in [0.15, 0.2) is 0 Å². The second-order valence-corrected chi connectivity index (χ2v) is 4.77. The SMILES string of the molecule is CCCC(COC)NC1CCCCC1OC. The quantitative estimate of drug-likeness (QED) is 0.727. The zero-order valence-electron chi connectivity index (χ0n) is 11.0. The maximum Gasteiger partial charge on any atom is 0.0724 e. The van der Waals surface area contributed by atoms with Crippen LogP contribution in [-0.2, 0) is 9.47 Å². The third-order valence-electron chi connectivity index (χ3n) is 3.46. The molecule has 0 amide bonds. The van der Waals surface area contributed by atoms with E-state index in [4.69, 9.17) is 9.47 Å². The van der Waals surface area contributed by atoms with E-state index in [1.807, 2.05) is 7.11 Å². The second kappa shape index (κ2) is 8.04. The summed E-state index contributed by atoms with van der Waals surface area (Å²) >= 11 is 0. The zero-order valence-corrected chi connectivity index (χ0v) is 11.0. The maximum absolute atomic E-state index is 5.56. The van der Waals surface area contributed by atoms with Gasteiger partial charge in [-0.1, -0.05) is 26.2 Å². The molecule has 0 aromatic carbocycles. The Morgan fingerprint density at radius 2 is 2.00 bits per heavy atom. The average molecular weight is 229 g/mol. The lowest BCUT2D eigenvalue weighted by atomic mass is 9.91. The highest BCUT2D eigenvalue weighted by Crippen LogP contribution is 2.21. The van der Waals surface area contributed by atoms with Gasteiger partial charge in [-0.2, -0.15) is 0 Å². The average Bonchev–Trinajstić information content (AvgIpc) is 2.30. The van der Waals surface area contributed by atoms with Crippen LogP contribution in [0.1, 0.15) is 45.4 Å². The number of hydrogen-bond acceptors (Lipinski definition) is 3. The van der Waals surface area contributed by atoms with Gasteiger partial charge >= 0.3 is 0 Å². The summed E-state index contributed by atoms with van der Waals surface area (Å²) in [5.41, 5.74) is 0. The molecule has 16 heavy (non-hydrogen) atoms. The van der Waals surface area contributed by atoms with E-state index in [-0.39, 0.29) is 0 Å². The normalized spacial score (nSPS) is 27.9. The Balaban J connectivity index is 2.40. The number of nitrogens with one attached hydrogen (secondary N) is 1. The van der Waals surface area contributed by atoms with Crippen LogP contribution in [0.15, 0.2) is 0 Å². The van der Waals surface area contributed by atoms with Crippen molar-refractivity contribution < 1.29 is 9.47 Å². The van der Waals surface area contributed by atoms with Gasteiger partial charge in [-0.05, 0) is 19.3 Å². The van der Waals surface area contributed by atoms with Crippen molar-refractivity contribution in [1.82, 2.24) is 5.32 Å². The smallest absolute Gasteiger partial charge is 0.0724 e. The summed E-state index contributed by atoms with van der Waals surface area (Å²) in [6.07, 6.45) is 7.84. The summed E-state index contributed by atoms with van der Waals surface area (Å²) in [6.45, 7) is 3.03. The van der Waals surface area contributed by atoms with E-state index in [0.717, 1.165) is 6.61 Å². The van der Waals surface area contributed by atoms with E-state index in [1.54, 1.807) is 7.11 Å². The highest BCUT2D eigenvalue weighted by atomic mass is 16.5. The van der Waals surface area contributed by atoms with E-state index in [1.165, 1.54) is 38.5 Å². The van der Waals surface area contributed by atoms with Crippen molar-refractivity contribution in [2.24, 2.45) is 0 Å². The minimum atomic E-state index is 0.393. The monoisotopic (exact) mass is 229 g/mol.